The minimum Gasteiger partial charge on any atom is -0.361 e. The first-order valence-electron chi connectivity index (χ1n) is 10.2. The maximum Gasteiger partial charge on any atom is 0.276 e. The van der Waals surface area contributed by atoms with Crippen LogP contribution in [0.2, 0.25) is 0 Å². The molecule has 1 aromatic heterocycles. The van der Waals surface area contributed by atoms with Gasteiger partial charge in [-0.1, -0.05) is 65.8 Å². The van der Waals surface area contributed by atoms with Crippen LogP contribution in [0.1, 0.15) is 39.7 Å². The predicted molar refractivity (Wildman–Crippen MR) is 113 cm³/mol. The van der Waals surface area contributed by atoms with Crippen LogP contribution < -0.4 is 5.32 Å². The minimum absolute atomic E-state index is 0.00439. The summed E-state index contributed by atoms with van der Waals surface area (Å²) in [6, 6.07) is 22.3. The molecule has 1 fully saturated rings. The van der Waals surface area contributed by atoms with Crippen molar-refractivity contribution < 1.29 is 14.1 Å². The van der Waals surface area contributed by atoms with Gasteiger partial charge in [-0.25, -0.2) is 0 Å². The van der Waals surface area contributed by atoms with Crippen LogP contribution in [0.15, 0.2) is 71.3 Å². The van der Waals surface area contributed by atoms with Gasteiger partial charge in [-0.15, -0.1) is 0 Å². The molecule has 0 bridgehead atoms. The maximum absolute atomic E-state index is 12.5. The van der Waals surface area contributed by atoms with E-state index in [1.54, 1.807) is 17.9 Å². The molecule has 0 saturated carbocycles. The Bertz CT molecular complexity index is 955. The lowest BCUT2D eigenvalue weighted by Gasteiger charge is -2.37. The Morgan fingerprint density at radius 1 is 1.07 bits per heavy atom. The lowest BCUT2D eigenvalue weighted by molar-refractivity contribution is -0.129. The zero-order valence-corrected chi connectivity index (χ0v) is 17.0. The number of nitrogens with one attached hydrogen (secondary N) is 1. The molecule has 1 saturated heterocycles. The number of amides is 2. The summed E-state index contributed by atoms with van der Waals surface area (Å²) >= 11 is 0. The number of hydrogen-bond acceptors (Lipinski definition) is 4. The first-order chi connectivity index (χ1) is 14.6. The van der Waals surface area contributed by atoms with Crippen molar-refractivity contribution in [2.24, 2.45) is 5.92 Å². The Morgan fingerprint density at radius 3 is 2.20 bits per heavy atom. The number of carbonyl (C=O) groups is 2. The lowest BCUT2D eigenvalue weighted by atomic mass is 9.88. The highest BCUT2D eigenvalue weighted by Gasteiger charge is 2.36. The number of likely N-dealkylation sites (tertiary alicyclic amines) is 1. The average Bonchev–Trinajstić information content (AvgIpc) is 3.18. The Hall–Kier alpha value is -3.41. The van der Waals surface area contributed by atoms with Gasteiger partial charge < -0.3 is 14.7 Å². The number of hydrogen-bond donors (Lipinski definition) is 1. The monoisotopic (exact) mass is 403 g/mol. The van der Waals surface area contributed by atoms with Gasteiger partial charge in [-0.05, 0) is 24.5 Å². The number of carbonyl (C=O) groups excluding carboxylic acids is 2. The van der Waals surface area contributed by atoms with Gasteiger partial charge in [0.25, 0.3) is 5.91 Å². The summed E-state index contributed by atoms with van der Waals surface area (Å²) in [6.07, 6.45) is 0.813. The Labute approximate surface area is 175 Å². The molecular formula is C24H25N3O3. The quantitative estimate of drug-likeness (QED) is 0.656. The molecule has 6 nitrogen and oxygen atoms in total. The van der Waals surface area contributed by atoms with Crippen molar-refractivity contribution in [2.45, 2.75) is 19.3 Å². The van der Waals surface area contributed by atoms with Gasteiger partial charge in [0, 0.05) is 31.6 Å². The topological polar surface area (TPSA) is 75.4 Å². The van der Waals surface area contributed by atoms with E-state index in [2.05, 4.69) is 34.7 Å². The predicted octanol–water partition coefficient (Wildman–Crippen LogP) is 3.39. The molecular weight excluding hydrogens is 378 g/mol. The molecule has 4 rings (SSSR count). The van der Waals surface area contributed by atoms with Crippen molar-refractivity contribution in [1.82, 2.24) is 15.4 Å². The number of aromatic nitrogens is 1. The molecule has 1 aliphatic heterocycles. The molecule has 2 amide bonds. The molecule has 30 heavy (non-hydrogen) atoms. The van der Waals surface area contributed by atoms with Crippen LogP contribution in [0.25, 0.3) is 0 Å². The second kappa shape index (κ2) is 8.95. The van der Waals surface area contributed by atoms with E-state index in [1.807, 2.05) is 36.4 Å². The average molecular weight is 403 g/mol. The Kier molecular flexibility index (Phi) is 5.93. The second-order valence-corrected chi connectivity index (χ2v) is 7.68. The Balaban J connectivity index is 1.29. The summed E-state index contributed by atoms with van der Waals surface area (Å²) in [5.74, 6) is 0.454. The molecule has 0 spiro atoms. The summed E-state index contributed by atoms with van der Waals surface area (Å²) in [5.41, 5.74) is 2.77. The third-order valence-corrected chi connectivity index (χ3v) is 5.52. The number of nitrogens with zero attached hydrogens (tertiary/aromatic N) is 2. The molecule has 0 atom stereocenters. The standard InChI is InChI=1S/C24H25N3O3/c1-17-14-22(26-30-17)24(29)27-15-20(16-27)23(28)25-13-12-21(18-8-4-2-5-9-18)19-10-6-3-7-11-19/h2-11,14,20-21H,12-13,15-16H2,1H3,(H,25,28). The SMILES string of the molecule is Cc1cc(C(=O)N2CC(C(=O)NCCC(c3ccccc3)c3ccccc3)C2)no1. The summed E-state index contributed by atoms with van der Waals surface area (Å²) in [5, 5.41) is 6.80. The van der Waals surface area contributed by atoms with E-state index in [1.165, 1.54) is 11.1 Å². The fourth-order valence-corrected chi connectivity index (χ4v) is 3.82. The maximum atomic E-state index is 12.5. The van der Waals surface area contributed by atoms with Gasteiger partial charge in [0.05, 0.1) is 5.92 Å². The van der Waals surface area contributed by atoms with E-state index in [0.717, 1.165) is 6.42 Å². The fraction of sp³-hybridized carbons (Fsp3) is 0.292. The van der Waals surface area contributed by atoms with E-state index in [4.69, 9.17) is 4.52 Å². The number of benzene rings is 2. The summed E-state index contributed by atoms with van der Waals surface area (Å²) in [4.78, 5) is 26.4. The highest BCUT2D eigenvalue weighted by Crippen LogP contribution is 2.27. The summed E-state index contributed by atoms with van der Waals surface area (Å²) in [7, 11) is 0. The van der Waals surface area contributed by atoms with E-state index in [-0.39, 0.29) is 23.7 Å². The first kappa shape index (κ1) is 19.9. The van der Waals surface area contributed by atoms with Crippen LogP contribution in [0.4, 0.5) is 0 Å². The van der Waals surface area contributed by atoms with E-state index >= 15 is 0 Å². The smallest absolute Gasteiger partial charge is 0.276 e. The molecule has 6 heteroatoms. The molecule has 0 aliphatic carbocycles. The molecule has 3 aromatic rings. The third-order valence-electron chi connectivity index (χ3n) is 5.52. The molecule has 0 unspecified atom stereocenters. The van der Waals surface area contributed by atoms with Crippen LogP contribution in [0.5, 0.6) is 0 Å². The second-order valence-electron chi connectivity index (χ2n) is 7.68. The third kappa shape index (κ3) is 4.43. The van der Waals surface area contributed by atoms with Crippen LogP contribution in [0.3, 0.4) is 0 Å². The Morgan fingerprint density at radius 2 is 1.67 bits per heavy atom. The van der Waals surface area contributed by atoms with Crippen molar-refractivity contribution >= 4 is 11.8 Å². The molecule has 0 radical (unpaired) electrons. The summed E-state index contributed by atoms with van der Waals surface area (Å²) in [6.45, 7) is 3.16. The van der Waals surface area contributed by atoms with E-state index in [0.29, 0.717) is 31.1 Å². The van der Waals surface area contributed by atoms with Crippen molar-refractivity contribution in [1.29, 1.82) is 0 Å². The van der Waals surface area contributed by atoms with E-state index < -0.39 is 0 Å². The van der Waals surface area contributed by atoms with Gasteiger partial charge in [0.15, 0.2) is 5.69 Å². The first-order valence-corrected chi connectivity index (χ1v) is 10.2. The highest BCUT2D eigenvalue weighted by atomic mass is 16.5. The molecule has 2 heterocycles. The van der Waals surface area contributed by atoms with Crippen molar-refractivity contribution in [3.05, 3.63) is 89.3 Å². The van der Waals surface area contributed by atoms with Crippen molar-refractivity contribution in [3.8, 4) is 0 Å². The van der Waals surface area contributed by atoms with Crippen molar-refractivity contribution in [3.63, 3.8) is 0 Å². The fourth-order valence-electron chi connectivity index (χ4n) is 3.82. The number of rotatable bonds is 7. The minimum atomic E-state index is -0.191. The van der Waals surface area contributed by atoms with Gasteiger partial charge in [0.1, 0.15) is 5.76 Å². The molecule has 1 aliphatic rings. The van der Waals surface area contributed by atoms with Crippen LogP contribution in [-0.2, 0) is 4.79 Å². The van der Waals surface area contributed by atoms with Gasteiger partial charge in [0.2, 0.25) is 5.91 Å². The normalized spacial score (nSPS) is 13.9. The largest absolute Gasteiger partial charge is 0.361 e. The highest BCUT2D eigenvalue weighted by molar-refractivity contribution is 5.94. The summed E-state index contributed by atoms with van der Waals surface area (Å²) < 4.78 is 4.95. The van der Waals surface area contributed by atoms with Gasteiger partial charge in [-0.2, -0.15) is 0 Å². The number of aryl methyl sites for hydroxylation is 1. The van der Waals surface area contributed by atoms with Gasteiger partial charge in [-0.3, -0.25) is 9.59 Å². The van der Waals surface area contributed by atoms with Crippen LogP contribution >= 0.6 is 0 Å². The molecule has 154 valence electrons. The van der Waals surface area contributed by atoms with Crippen molar-refractivity contribution in [2.75, 3.05) is 19.6 Å². The zero-order chi connectivity index (χ0) is 20.9. The van der Waals surface area contributed by atoms with Gasteiger partial charge >= 0.3 is 0 Å². The lowest BCUT2D eigenvalue weighted by Crippen LogP contribution is -2.55. The van der Waals surface area contributed by atoms with E-state index in [9.17, 15) is 9.59 Å². The zero-order valence-electron chi connectivity index (χ0n) is 17.0. The van der Waals surface area contributed by atoms with Crippen LogP contribution in [-0.4, -0.2) is 41.5 Å². The molecule has 2 aromatic carbocycles. The molecule has 1 N–H and O–H groups in total. The van der Waals surface area contributed by atoms with Crippen LogP contribution in [0, 0.1) is 12.8 Å².